The van der Waals surface area contributed by atoms with Crippen molar-refractivity contribution < 1.29 is 43.1 Å². The predicted octanol–water partition coefficient (Wildman–Crippen LogP) is 0.0778. The largest absolute Gasteiger partial charge is 0.560 e. The minimum Gasteiger partial charge on any atom is -0.377 e. The fourth-order valence-electron chi connectivity index (χ4n) is 4.04. The highest BCUT2D eigenvalue weighted by Crippen LogP contribution is 2.32. The Hall–Kier alpha value is -2.53. The van der Waals surface area contributed by atoms with Crippen LogP contribution in [-0.4, -0.2) is 65.3 Å². The van der Waals surface area contributed by atoms with Crippen molar-refractivity contribution in [1.29, 1.82) is 0 Å². The third kappa shape index (κ3) is 3.35. The first-order valence-electron chi connectivity index (χ1n) is 9.32. The van der Waals surface area contributed by atoms with Crippen LogP contribution in [0.15, 0.2) is 0 Å². The minimum atomic E-state index is -1.51. The summed E-state index contributed by atoms with van der Waals surface area (Å²) in [4.78, 5) is 70.1. The molecule has 0 saturated carbocycles. The predicted molar refractivity (Wildman–Crippen MR) is 85.4 cm³/mol. The van der Waals surface area contributed by atoms with Crippen molar-refractivity contribution in [1.82, 2.24) is 10.1 Å². The molecule has 0 N–H and O–H groups in total. The highest BCUT2D eigenvalue weighted by molar-refractivity contribution is 6.04. The second kappa shape index (κ2) is 7.47. The van der Waals surface area contributed by atoms with E-state index in [-0.39, 0.29) is 12.8 Å². The van der Waals surface area contributed by atoms with Gasteiger partial charge in [-0.1, -0.05) is 10.1 Å². The third-order valence-corrected chi connectivity index (χ3v) is 5.44. The number of imide groups is 2. The lowest BCUT2D eigenvalue weighted by Gasteiger charge is -2.18. The average molecular weight is 396 g/mol. The summed E-state index contributed by atoms with van der Waals surface area (Å²) in [6.45, 7) is 1.02. The van der Waals surface area contributed by atoms with Crippen molar-refractivity contribution in [3.05, 3.63) is 0 Å². The maximum atomic E-state index is 12.4. The van der Waals surface area contributed by atoms with E-state index in [1.54, 1.807) is 0 Å². The number of carbonyl (C=O) groups is 5. The summed E-state index contributed by atoms with van der Waals surface area (Å²) in [6, 6.07) is 0. The van der Waals surface area contributed by atoms with Crippen LogP contribution in [0.25, 0.3) is 0 Å². The van der Waals surface area contributed by atoms with E-state index in [4.69, 9.17) is 9.47 Å². The van der Waals surface area contributed by atoms with E-state index in [1.807, 2.05) is 0 Å². The number of hydroxylamine groups is 4. The van der Waals surface area contributed by atoms with Gasteiger partial charge in [-0.2, -0.15) is 4.79 Å². The molecule has 0 aromatic carbocycles. The summed E-state index contributed by atoms with van der Waals surface area (Å²) >= 11 is 0. The molecule has 11 heteroatoms. The molecule has 0 aromatic rings. The number of nitrogens with zero attached hydrogens (tertiary/aromatic N) is 2. The van der Waals surface area contributed by atoms with E-state index in [9.17, 15) is 24.0 Å². The molecule has 4 aliphatic heterocycles. The normalized spacial score (nSPS) is 33.3. The van der Waals surface area contributed by atoms with Crippen LogP contribution in [0.3, 0.4) is 0 Å². The van der Waals surface area contributed by atoms with Gasteiger partial charge in [-0.3, -0.25) is 28.9 Å². The summed E-state index contributed by atoms with van der Waals surface area (Å²) in [5, 5.41) is 0.633. The second-order valence-corrected chi connectivity index (χ2v) is 7.21. The summed E-state index contributed by atoms with van der Waals surface area (Å²) in [5.74, 6) is -4.27. The molecule has 4 fully saturated rings. The van der Waals surface area contributed by atoms with Crippen LogP contribution in [0.2, 0.25) is 0 Å². The van der Waals surface area contributed by atoms with Crippen LogP contribution >= 0.6 is 0 Å². The molecule has 0 aliphatic carbocycles. The van der Waals surface area contributed by atoms with Gasteiger partial charge in [-0.25, -0.2) is 0 Å². The number of hydrogen-bond acceptors (Lipinski definition) is 9. The molecule has 152 valence electrons. The van der Waals surface area contributed by atoms with Crippen molar-refractivity contribution in [2.45, 2.75) is 50.7 Å². The van der Waals surface area contributed by atoms with Crippen LogP contribution in [0, 0.1) is 11.8 Å². The molecule has 2 unspecified atom stereocenters. The Morgan fingerprint density at radius 2 is 1.21 bits per heavy atom. The van der Waals surface area contributed by atoms with Gasteiger partial charge in [0.1, 0.15) is 0 Å². The molecule has 0 aromatic heterocycles. The molecule has 11 nitrogen and oxygen atoms in total. The fourth-order valence-corrected chi connectivity index (χ4v) is 4.04. The van der Waals surface area contributed by atoms with Gasteiger partial charge in [-0.15, -0.1) is 0 Å². The third-order valence-electron chi connectivity index (χ3n) is 5.44. The Balaban J connectivity index is 1.35. The Morgan fingerprint density at radius 3 is 1.57 bits per heavy atom. The molecule has 4 saturated heterocycles. The summed E-state index contributed by atoms with van der Waals surface area (Å²) in [7, 11) is 0. The van der Waals surface area contributed by atoms with Gasteiger partial charge in [0.2, 0.25) is 0 Å². The van der Waals surface area contributed by atoms with Gasteiger partial charge in [0.05, 0.1) is 24.0 Å². The van der Waals surface area contributed by atoms with Gasteiger partial charge < -0.3 is 9.47 Å². The molecule has 0 bridgehead atoms. The van der Waals surface area contributed by atoms with Crippen LogP contribution in [0.1, 0.15) is 38.5 Å². The molecule has 4 rings (SSSR count). The number of ether oxygens (including phenoxy) is 2. The standard InChI is InChI=1S/C17H20N2O9/c20-13-7-9(11-3-1-5-25-11)15(22)18(13)27-17(24)28-19-14(21)8-10(16(19)23)12-4-2-6-26-12/h9-12H,1-8H2/t9-,10-,11?,12?/m1/s1. The fraction of sp³-hybridized carbons (Fsp3) is 0.706. The zero-order valence-electron chi connectivity index (χ0n) is 15.0. The summed E-state index contributed by atoms with van der Waals surface area (Å²) in [6.07, 6.45) is 0.285. The van der Waals surface area contributed by atoms with Crippen molar-refractivity contribution in [3.8, 4) is 0 Å². The zero-order valence-corrected chi connectivity index (χ0v) is 15.0. The zero-order chi connectivity index (χ0) is 19.8. The number of carbonyl (C=O) groups excluding carboxylic acids is 5. The molecule has 4 heterocycles. The first-order chi connectivity index (χ1) is 13.5. The maximum Gasteiger partial charge on any atom is 0.560 e. The van der Waals surface area contributed by atoms with Gasteiger partial charge in [-0.05, 0) is 25.7 Å². The van der Waals surface area contributed by atoms with Gasteiger partial charge >= 0.3 is 6.16 Å². The molecule has 0 spiro atoms. The first-order valence-corrected chi connectivity index (χ1v) is 9.32. The summed E-state index contributed by atoms with van der Waals surface area (Å²) < 4.78 is 10.8. The van der Waals surface area contributed by atoms with E-state index < -0.39 is 53.8 Å². The quantitative estimate of drug-likeness (QED) is 0.607. The van der Waals surface area contributed by atoms with Gasteiger partial charge in [0, 0.05) is 26.1 Å². The Labute approximate surface area is 159 Å². The van der Waals surface area contributed by atoms with Crippen molar-refractivity contribution in [3.63, 3.8) is 0 Å². The van der Waals surface area contributed by atoms with E-state index >= 15 is 0 Å². The topological polar surface area (TPSA) is 129 Å². The van der Waals surface area contributed by atoms with Crippen LogP contribution in [0.4, 0.5) is 4.79 Å². The lowest BCUT2D eigenvalue weighted by Crippen LogP contribution is -2.40. The molecular formula is C17H20N2O9. The van der Waals surface area contributed by atoms with Crippen LogP contribution < -0.4 is 0 Å². The molecule has 0 radical (unpaired) electrons. The highest BCUT2D eigenvalue weighted by atomic mass is 16.9. The monoisotopic (exact) mass is 396 g/mol. The SMILES string of the molecule is O=C(ON1C(=O)C[C@H](C2CCCO2)C1=O)ON1C(=O)C[C@H](C2CCCO2)C1=O. The number of amides is 4. The molecule has 4 aliphatic rings. The van der Waals surface area contributed by atoms with Gasteiger partial charge in [0.25, 0.3) is 23.6 Å². The lowest BCUT2D eigenvalue weighted by molar-refractivity contribution is -0.200. The number of hydrogen-bond donors (Lipinski definition) is 0. The Bertz CT molecular complexity index is 653. The molecule has 28 heavy (non-hydrogen) atoms. The highest BCUT2D eigenvalue weighted by Gasteiger charge is 2.49. The van der Waals surface area contributed by atoms with Crippen molar-refractivity contribution >= 4 is 29.8 Å². The Kier molecular flexibility index (Phi) is 5.02. The van der Waals surface area contributed by atoms with E-state index in [1.165, 1.54) is 0 Å². The van der Waals surface area contributed by atoms with Crippen LogP contribution in [-0.2, 0) is 38.3 Å². The van der Waals surface area contributed by atoms with Crippen LogP contribution in [0.5, 0.6) is 0 Å². The number of rotatable bonds is 4. The Morgan fingerprint density at radius 1 is 0.786 bits per heavy atom. The maximum absolute atomic E-state index is 12.4. The second-order valence-electron chi connectivity index (χ2n) is 7.21. The summed E-state index contributed by atoms with van der Waals surface area (Å²) in [5.41, 5.74) is 0. The minimum absolute atomic E-state index is 0.139. The van der Waals surface area contributed by atoms with E-state index in [0.29, 0.717) is 36.2 Å². The van der Waals surface area contributed by atoms with Crippen molar-refractivity contribution in [2.75, 3.05) is 13.2 Å². The van der Waals surface area contributed by atoms with Gasteiger partial charge in [0.15, 0.2) is 0 Å². The van der Waals surface area contributed by atoms with E-state index in [0.717, 1.165) is 12.8 Å². The molecule has 4 amide bonds. The molecule has 4 atom stereocenters. The lowest BCUT2D eigenvalue weighted by atomic mass is 9.98. The first kappa shape index (κ1) is 18.8. The van der Waals surface area contributed by atoms with Crippen molar-refractivity contribution in [2.24, 2.45) is 11.8 Å². The average Bonchev–Trinajstić information content (AvgIpc) is 3.44. The van der Waals surface area contributed by atoms with E-state index in [2.05, 4.69) is 9.68 Å². The molecular weight excluding hydrogens is 376 g/mol. The smallest absolute Gasteiger partial charge is 0.377 e.